The molecule has 0 amide bonds. The summed E-state index contributed by atoms with van der Waals surface area (Å²) >= 11 is 9.29. The fourth-order valence-corrected chi connectivity index (χ4v) is 2.89. The molecule has 1 atom stereocenters. The van der Waals surface area contributed by atoms with Crippen LogP contribution in [0.25, 0.3) is 0 Å². The van der Waals surface area contributed by atoms with Crippen molar-refractivity contribution in [3.63, 3.8) is 0 Å². The molecule has 0 heterocycles. The van der Waals surface area contributed by atoms with Gasteiger partial charge in [-0.25, -0.2) is 4.39 Å². The second-order valence-electron chi connectivity index (χ2n) is 4.98. The Labute approximate surface area is 138 Å². The molecule has 1 nitrogen and oxygen atoms in total. The molecular formula is C17H18BrClFN. The van der Waals surface area contributed by atoms with Gasteiger partial charge in [0, 0.05) is 16.6 Å². The average Bonchev–Trinajstić information content (AvgIpc) is 2.47. The van der Waals surface area contributed by atoms with Crippen molar-refractivity contribution in [2.45, 2.75) is 25.8 Å². The van der Waals surface area contributed by atoms with Crippen molar-refractivity contribution in [1.29, 1.82) is 0 Å². The molecule has 0 bridgehead atoms. The Morgan fingerprint density at radius 2 is 2.00 bits per heavy atom. The smallest absolute Gasteiger partial charge is 0.142 e. The third kappa shape index (κ3) is 4.53. The number of benzene rings is 2. The minimum atomic E-state index is -0.201. The molecule has 0 fully saturated rings. The first-order valence-electron chi connectivity index (χ1n) is 7.03. The summed E-state index contributed by atoms with van der Waals surface area (Å²) in [6.07, 6.45) is 1.70. The van der Waals surface area contributed by atoms with E-state index in [9.17, 15) is 4.39 Å². The quantitative estimate of drug-likeness (QED) is 0.705. The molecule has 0 aliphatic rings. The van der Waals surface area contributed by atoms with E-state index >= 15 is 0 Å². The van der Waals surface area contributed by atoms with Gasteiger partial charge in [-0.05, 0) is 59.1 Å². The molecule has 0 spiro atoms. The lowest BCUT2D eigenvalue weighted by Crippen LogP contribution is -2.25. The van der Waals surface area contributed by atoms with Crippen LogP contribution in [-0.4, -0.2) is 6.54 Å². The number of nitrogens with one attached hydrogen (secondary N) is 1. The van der Waals surface area contributed by atoms with E-state index < -0.39 is 0 Å². The Hall–Kier alpha value is -0.900. The van der Waals surface area contributed by atoms with E-state index in [0.717, 1.165) is 18.5 Å². The van der Waals surface area contributed by atoms with Crippen molar-refractivity contribution < 1.29 is 4.39 Å². The van der Waals surface area contributed by atoms with Crippen LogP contribution < -0.4 is 5.32 Å². The molecular weight excluding hydrogens is 353 g/mol. The van der Waals surface area contributed by atoms with Gasteiger partial charge in [-0.3, -0.25) is 0 Å². The normalized spacial score (nSPS) is 12.4. The van der Waals surface area contributed by atoms with Crippen molar-refractivity contribution in [3.05, 3.63) is 68.9 Å². The summed E-state index contributed by atoms with van der Waals surface area (Å²) < 4.78 is 14.8. The van der Waals surface area contributed by atoms with Crippen molar-refractivity contribution in [2.24, 2.45) is 0 Å². The fourth-order valence-electron chi connectivity index (χ4n) is 2.30. The van der Waals surface area contributed by atoms with Gasteiger partial charge >= 0.3 is 0 Å². The molecule has 0 radical (unpaired) electrons. The molecule has 1 N–H and O–H groups in total. The predicted molar refractivity (Wildman–Crippen MR) is 90.3 cm³/mol. The number of halogens is 3. The van der Waals surface area contributed by atoms with Gasteiger partial charge in [0.15, 0.2) is 0 Å². The van der Waals surface area contributed by atoms with Gasteiger partial charge in [-0.1, -0.05) is 42.8 Å². The molecule has 2 rings (SSSR count). The van der Waals surface area contributed by atoms with E-state index in [1.54, 1.807) is 6.07 Å². The highest BCUT2D eigenvalue weighted by molar-refractivity contribution is 9.10. The molecule has 4 heteroatoms. The van der Waals surface area contributed by atoms with Crippen LogP contribution in [0, 0.1) is 5.82 Å². The number of hydrogen-bond donors (Lipinski definition) is 1. The summed E-state index contributed by atoms with van der Waals surface area (Å²) in [4.78, 5) is 0. The number of hydrogen-bond acceptors (Lipinski definition) is 1. The minimum absolute atomic E-state index is 0.0686. The molecule has 0 aliphatic carbocycles. The van der Waals surface area contributed by atoms with E-state index in [4.69, 9.17) is 11.6 Å². The largest absolute Gasteiger partial charge is 0.310 e. The third-order valence-electron chi connectivity index (χ3n) is 3.33. The lowest BCUT2D eigenvalue weighted by Gasteiger charge is -2.20. The van der Waals surface area contributed by atoms with Crippen molar-refractivity contribution >= 4 is 27.5 Å². The van der Waals surface area contributed by atoms with Crippen LogP contribution in [0.2, 0.25) is 5.02 Å². The van der Waals surface area contributed by atoms with Gasteiger partial charge in [0.1, 0.15) is 5.82 Å². The molecule has 0 aliphatic heterocycles. The van der Waals surface area contributed by atoms with Gasteiger partial charge in [0.2, 0.25) is 0 Å². The summed E-state index contributed by atoms with van der Waals surface area (Å²) in [5, 5.41) is 4.12. The monoisotopic (exact) mass is 369 g/mol. The van der Waals surface area contributed by atoms with E-state index in [1.807, 2.05) is 36.4 Å². The van der Waals surface area contributed by atoms with Crippen LogP contribution in [0.5, 0.6) is 0 Å². The van der Waals surface area contributed by atoms with Crippen LogP contribution in [0.15, 0.2) is 46.9 Å². The molecule has 21 heavy (non-hydrogen) atoms. The molecule has 0 saturated carbocycles. The summed E-state index contributed by atoms with van der Waals surface area (Å²) in [5.74, 6) is -0.201. The van der Waals surface area contributed by atoms with Crippen molar-refractivity contribution in [2.75, 3.05) is 6.54 Å². The van der Waals surface area contributed by atoms with Gasteiger partial charge in [-0.15, -0.1) is 0 Å². The lowest BCUT2D eigenvalue weighted by atomic mass is 9.98. The van der Waals surface area contributed by atoms with E-state index in [1.165, 1.54) is 0 Å². The molecule has 112 valence electrons. The van der Waals surface area contributed by atoms with Gasteiger partial charge in [0.05, 0.1) is 4.47 Å². The van der Waals surface area contributed by atoms with Crippen LogP contribution >= 0.6 is 27.5 Å². The SMILES string of the molecule is CCCNC(Cc1cccc(Cl)c1)c1cccc(Br)c1F. The maximum absolute atomic E-state index is 14.3. The summed E-state index contributed by atoms with van der Waals surface area (Å²) in [6.45, 7) is 2.94. The Balaban J connectivity index is 2.27. The zero-order chi connectivity index (χ0) is 15.2. The standard InChI is InChI=1S/C17H18BrClFN/c1-2-9-21-16(11-12-5-3-6-13(19)10-12)14-7-4-8-15(18)17(14)20/h3-8,10,16,21H,2,9,11H2,1H3. The molecule has 1 unspecified atom stereocenters. The average molecular weight is 371 g/mol. The first-order valence-corrected chi connectivity index (χ1v) is 8.20. The Morgan fingerprint density at radius 1 is 1.24 bits per heavy atom. The Bertz CT molecular complexity index is 603. The maximum Gasteiger partial charge on any atom is 0.142 e. The number of rotatable bonds is 6. The van der Waals surface area contributed by atoms with E-state index in [2.05, 4.69) is 28.2 Å². The zero-order valence-electron chi connectivity index (χ0n) is 11.9. The van der Waals surface area contributed by atoms with Crippen molar-refractivity contribution in [1.82, 2.24) is 5.32 Å². The molecule has 0 aromatic heterocycles. The van der Waals surface area contributed by atoms with Crippen LogP contribution in [0.3, 0.4) is 0 Å². The maximum atomic E-state index is 14.3. The first-order chi connectivity index (χ1) is 10.1. The predicted octanol–water partition coefficient (Wildman–Crippen LogP) is 5.53. The van der Waals surface area contributed by atoms with Crippen LogP contribution in [-0.2, 0) is 6.42 Å². The Kier molecular flexibility index (Phi) is 6.22. The highest BCUT2D eigenvalue weighted by atomic mass is 79.9. The summed E-state index contributed by atoms with van der Waals surface area (Å²) in [6, 6.07) is 13.1. The second kappa shape index (κ2) is 7.92. The van der Waals surface area contributed by atoms with Crippen LogP contribution in [0.4, 0.5) is 4.39 Å². The Morgan fingerprint density at radius 3 is 2.71 bits per heavy atom. The minimum Gasteiger partial charge on any atom is -0.310 e. The lowest BCUT2D eigenvalue weighted by molar-refractivity contribution is 0.495. The van der Waals surface area contributed by atoms with E-state index in [-0.39, 0.29) is 11.9 Å². The van der Waals surface area contributed by atoms with Crippen LogP contribution in [0.1, 0.15) is 30.5 Å². The molecule has 2 aromatic carbocycles. The fraction of sp³-hybridized carbons (Fsp3) is 0.294. The second-order valence-corrected chi connectivity index (χ2v) is 6.27. The van der Waals surface area contributed by atoms with E-state index in [0.29, 0.717) is 21.5 Å². The summed E-state index contributed by atoms with van der Waals surface area (Å²) in [5.41, 5.74) is 1.77. The van der Waals surface area contributed by atoms with Gasteiger partial charge < -0.3 is 5.32 Å². The summed E-state index contributed by atoms with van der Waals surface area (Å²) in [7, 11) is 0. The highest BCUT2D eigenvalue weighted by Crippen LogP contribution is 2.27. The van der Waals surface area contributed by atoms with Gasteiger partial charge in [0.25, 0.3) is 0 Å². The zero-order valence-corrected chi connectivity index (χ0v) is 14.2. The highest BCUT2D eigenvalue weighted by Gasteiger charge is 2.17. The first kappa shape index (κ1) is 16.5. The van der Waals surface area contributed by atoms with Gasteiger partial charge in [-0.2, -0.15) is 0 Å². The molecule has 0 saturated heterocycles. The molecule has 2 aromatic rings. The third-order valence-corrected chi connectivity index (χ3v) is 4.17. The van der Waals surface area contributed by atoms with Crippen molar-refractivity contribution in [3.8, 4) is 0 Å². The topological polar surface area (TPSA) is 12.0 Å².